The Bertz CT molecular complexity index is 5210. The first-order chi connectivity index (χ1) is 54.1. The fraction of sp³-hybridized carbons (Fsp3) is 0.273. The van der Waals surface area contributed by atoms with Crippen molar-refractivity contribution in [3.63, 3.8) is 0 Å². The summed E-state index contributed by atoms with van der Waals surface area (Å²) in [5.41, 5.74) is 12.2. The van der Waals surface area contributed by atoms with Crippen LogP contribution in [-0.4, -0.2) is 84.2 Å². The lowest BCUT2D eigenvalue weighted by atomic mass is 10.1. The molecule has 4 aromatic carbocycles. The first-order valence-corrected chi connectivity index (χ1v) is 40.9. The number of nitrogens with one attached hydrogen (secondary N) is 4. The second-order valence-electron chi connectivity index (χ2n) is 26.1. The third kappa shape index (κ3) is 22.9. The first-order valence-electron chi connectivity index (χ1n) is 37.7. The summed E-state index contributed by atoms with van der Waals surface area (Å²) in [4.78, 5) is 92.1. The molecule has 112 heavy (non-hydrogen) atoms. The fourth-order valence-electron chi connectivity index (χ4n) is 12.1. The molecule has 0 aliphatic carbocycles. The largest absolute Gasteiger partial charge is 0.478 e. The molecule has 12 rings (SSSR count). The Kier molecular flexibility index (Phi) is 31.4. The van der Waals surface area contributed by atoms with Crippen LogP contribution >= 0.6 is 45.3 Å². The lowest BCUT2D eigenvalue weighted by Crippen LogP contribution is -2.07. The van der Waals surface area contributed by atoms with Gasteiger partial charge in [-0.2, -0.15) is 0 Å². The molecule has 580 valence electrons. The fourth-order valence-corrected chi connectivity index (χ4v) is 16.3. The Balaban J connectivity index is 0.000000171. The lowest BCUT2D eigenvalue weighted by molar-refractivity contribution is 0.0686. The minimum atomic E-state index is -0.945. The minimum Gasteiger partial charge on any atom is -0.478 e. The molecular weight excluding hydrogens is 1480 g/mol. The third-order valence-electron chi connectivity index (χ3n) is 17.8. The van der Waals surface area contributed by atoms with Crippen molar-refractivity contribution in [2.24, 2.45) is 0 Å². The molecule has 0 unspecified atom stereocenters. The normalized spacial score (nSPS) is 10.7. The van der Waals surface area contributed by atoms with Crippen LogP contribution in [0.25, 0.3) is 42.8 Å². The standard InChI is InChI=1S/C23H25N3O2S.C22H23N3O2S.C22H25N3O2S.C21H23N3O2S/c1-4-7-17-13-14-20(29-17)22-25-19(6-3)18(8-5-2)21(26-22)24-16-11-9-15(10-12-16)23(27)28;1-4-6-17-12-13-19(28-17)21-23-14(3)18(7-5-2)20(25-21)24-16-10-8-15(9-11-16)22(26)27;1-4-7-16-12-13-19(28-16)21-24-18(6-3)17(5-2)20(25-21)23-15-10-8-14(9-11-15)22(26)27;1-4-6-16-11-12-18(27-16)20-22-13(3)17(5-2)19(24-20)23-15-9-7-14(8-10-15)21(25)26/h5,9-14H,2,4,6-8H2,1,3H3,(H,27,28)(H,24,25,26);5,8-13H,2,4,6-7H2,1,3H3,(H,26,27)(H,23,24,25);8-13H,4-7H2,1-3H3,(H,26,27)(H,23,24,25);7-12H,4-6H2,1-3H3,(H,25,26)(H,22,23,24). The second-order valence-corrected chi connectivity index (χ2v) is 30.7. The molecule has 0 spiro atoms. The van der Waals surface area contributed by atoms with E-state index >= 15 is 0 Å². The van der Waals surface area contributed by atoms with Crippen molar-refractivity contribution in [3.8, 4) is 42.8 Å². The summed E-state index contributed by atoms with van der Waals surface area (Å²) in [6, 6.07) is 43.6. The van der Waals surface area contributed by atoms with Gasteiger partial charge in [-0.15, -0.1) is 58.5 Å². The maximum Gasteiger partial charge on any atom is 0.335 e. The summed E-state index contributed by atoms with van der Waals surface area (Å²) in [6.45, 7) is 28.7. The Hall–Kier alpha value is -11.4. The van der Waals surface area contributed by atoms with E-state index in [1.807, 2.05) is 26.0 Å². The number of nitrogens with zero attached hydrogens (tertiary/aromatic N) is 8. The number of thiophene rings is 4. The average Bonchev–Trinajstić information content (AvgIpc) is 1.40. The van der Waals surface area contributed by atoms with Gasteiger partial charge in [-0.05, 0) is 224 Å². The summed E-state index contributed by atoms with van der Waals surface area (Å²) in [7, 11) is 0. The second kappa shape index (κ2) is 41.6. The van der Waals surface area contributed by atoms with Gasteiger partial charge in [-0.3, -0.25) is 0 Å². The van der Waals surface area contributed by atoms with E-state index in [-0.39, 0.29) is 22.3 Å². The monoisotopic (exact) mass is 1580 g/mol. The molecule has 0 saturated carbocycles. The number of carboxylic acid groups (broad SMARTS) is 4. The van der Waals surface area contributed by atoms with E-state index in [4.69, 9.17) is 60.3 Å². The van der Waals surface area contributed by atoms with E-state index in [0.29, 0.717) is 24.5 Å². The number of rotatable bonds is 32. The van der Waals surface area contributed by atoms with Crippen LogP contribution in [0, 0.1) is 13.8 Å². The highest BCUT2D eigenvalue weighted by Crippen LogP contribution is 2.36. The van der Waals surface area contributed by atoms with E-state index in [0.717, 1.165) is 199 Å². The van der Waals surface area contributed by atoms with Crippen molar-refractivity contribution in [2.75, 3.05) is 21.3 Å². The molecule has 0 fully saturated rings. The van der Waals surface area contributed by atoms with Gasteiger partial charge in [0.1, 0.15) is 23.3 Å². The van der Waals surface area contributed by atoms with E-state index in [1.165, 1.54) is 19.5 Å². The molecule has 8 aromatic heterocycles. The van der Waals surface area contributed by atoms with Gasteiger partial charge in [0.05, 0.1) is 41.8 Å². The van der Waals surface area contributed by atoms with E-state index in [2.05, 4.69) is 138 Å². The van der Waals surface area contributed by atoms with Crippen molar-refractivity contribution in [3.05, 3.63) is 258 Å². The maximum atomic E-state index is 11.1. The lowest BCUT2D eigenvalue weighted by Gasteiger charge is -2.15. The summed E-state index contributed by atoms with van der Waals surface area (Å²) in [5.74, 6) is 2.14. The van der Waals surface area contributed by atoms with Gasteiger partial charge in [0, 0.05) is 87.3 Å². The molecule has 0 radical (unpaired) electrons. The quantitative estimate of drug-likeness (QED) is 0.0182. The SMILES string of the molecule is C=CCc1c(C)nc(-c2ccc(CCC)s2)nc1Nc1ccc(C(=O)O)cc1.C=CCc1c(CC)nc(-c2ccc(CCC)s2)nc1Nc1ccc(C(=O)O)cc1.CCCc1ccc(-c2nc(C)c(CC)c(Nc3ccc(C(=O)O)cc3)n2)s1.CCCc1ccc(-c2nc(CC)c(CC)c(Nc3ccc(C(=O)O)cc3)n2)s1. The van der Waals surface area contributed by atoms with E-state index in [9.17, 15) is 19.2 Å². The zero-order chi connectivity index (χ0) is 80.4. The maximum absolute atomic E-state index is 11.1. The molecule has 8 heterocycles. The molecule has 20 nitrogen and oxygen atoms in total. The predicted molar refractivity (Wildman–Crippen MR) is 459 cm³/mol. The van der Waals surface area contributed by atoms with Crippen LogP contribution in [0.4, 0.5) is 46.0 Å². The molecule has 0 bridgehead atoms. The van der Waals surface area contributed by atoms with Gasteiger partial charge in [0.15, 0.2) is 23.3 Å². The highest BCUT2D eigenvalue weighted by molar-refractivity contribution is 7.16. The molecule has 0 atom stereocenters. The molecule has 24 heteroatoms. The predicted octanol–water partition coefficient (Wildman–Crippen LogP) is 22.7. The van der Waals surface area contributed by atoms with Crippen molar-refractivity contribution in [2.45, 2.75) is 159 Å². The Morgan fingerprint density at radius 3 is 0.839 bits per heavy atom. The van der Waals surface area contributed by atoms with Crippen LogP contribution < -0.4 is 21.3 Å². The summed E-state index contributed by atoms with van der Waals surface area (Å²) in [6.07, 6.45) is 16.9. The number of anilines is 8. The van der Waals surface area contributed by atoms with Crippen LogP contribution in [0.15, 0.2) is 171 Å². The molecule has 12 aromatic rings. The number of aromatic nitrogens is 8. The molecule has 0 aliphatic heterocycles. The molecule has 8 N–H and O–H groups in total. The van der Waals surface area contributed by atoms with Crippen LogP contribution in [-0.2, 0) is 64.2 Å². The average molecular weight is 1580 g/mol. The zero-order valence-electron chi connectivity index (χ0n) is 65.0. The highest BCUT2D eigenvalue weighted by atomic mass is 32.1. The number of aryl methyl sites for hydroxylation is 8. The Morgan fingerprint density at radius 1 is 0.321 bits per heavy atom. The van der Waals surface area contributed by atoms with Crippen molar-refractivity contribution < 1.29 is 39.6 Å². The summed E-state index contributed by atoms with van der Waals surface area (Å²) in [5, 5.41) is 49.7. The van der Waals surface area contributed by atoms with E-state index in [1.54, 1.807) is 142 Å². The van der Waals surface area contributed by atoms with Gasteiger partial charge in [-0.25, -0.2) is 59.0 Å². The van der Waals surface area contributed by atoms with Gasteiger partial charge in [-0.1, -0.05) is 93.2 Å². The number of carboxylic acids is 4. The topological polar surface area (TPSA) is 300 Å². The van der Waals surface area contributed by atoms with Crippen LogP contribution in [0.1, 0.15) is 187 Å². The highest BCUT2D eigenvalue weighted by Gasteiger charge is 2.21. The summed E-state index contributed by atoms with van der Waals surface area (Å²) < 4.78 is 0. The molecule has 0 saturated heterocycles. The van der Waals surface area contributed by atoms with Crippen LogP contribution in [0.2, 0.25) is 0 Å². The van der Waals surface area contributed by atoms with Crippen molar-refractivity contribution >= 4 is 115 Å². The molecule has 0 aliphatic rings. The number of hydrogen-bond donors (Lipinski definition) is 8. The molecular formula is C88H96N12O8S4. The van der Waals surface area contributed by atoms with Crippen LogP contribution in [0.5, 0.6) is 0 Å². The number of carbonyl (C=O) groups is 4. The van der Waals surface area contributed by atoms with Gasteiger partial charge >= 0.3 is 23.9 Å². The molecule has 0 amide bonds. The number of aromatic carboxylic acids is 4. The number of benzene rings is 4. The van der Waals surface area contributed by atoms with Gasteiger partial charge in [0.25, 0.3) is 0 Å². The van der Waals surface area contributed by atoms with Crippen molar-refractivity contribution in [1.82, 2.24) is 39.9 Å². The van der Waals surface area contributed by atoms with Crippen molar-refractivity contribution in [1.29, 1.82) is 0 Å². The smallest absolute Gasteiger partial charge is 0.335 e. The third-order valence-corrected chi connectivity index (χ3v) is 22.3. The minimum absolute atomic E-state index is 0.249. The number of allylic oxidation sites excluding steroid dienone is 2. The van der Waals surface area contributed by atoms with Gasteiger partial charge in [0.2, 0.25) is 0 Å². The van der Waals surface area contributed by atoms with Crippen LogP contribution in [0.3, 0.4) is 0 Å². The van der Waals surface area contributed by atoms with Gasteiger partial charge < -0.3 is 41.7 Å². The Labute approximate surface area is 671 Å². The number of hydrogen-bond acceptors (Lipinski definition) is 20. The summed E-state index contributed by atoms with van der Waals surface area (Å²) >= 11 is 6.93. The Morgan fingerprint density at radius 2 is 0.571 bits per heavy atom. The van der Waals surface area contributed by atoms with E-state index < -0.39 is 23.9 Å². The zero-order valence-corrected chi connectivity index (χ0v) is 68.2. The first kappa shape index (κ1) is 84.6.